The van der Waals surface area contributed by atoms with Crippen LogP contribution in [0.4, 0.5) is 11.4 Å². The van der Waals surface area contributed by atoms with Gasteiger partial charge >= 0.3 is 0 Å². The van der Waals surface area contributed by atoms with Crippen LogP contribution in [0.5, 0.6) is 0 Å². The molecule has 5 heteroatoms. The molecule has 0 bridgehead atoms. The number of hydrogen-bond donors (Lipinski definition) is 1. The van der Waals surface area contributed by atoms with Gasteiger partial charge in [-0.1, -0.05) is 24.3 Å². The smallest absolute Gasteiger partial charge is 0.295 e. The number of rotatable bonds is 3. The molecular weight excluding hydrogens is 266 g/mol. The van der Waals surface area contributed by atoms with E-state index >= 15 is 0 Å². The quantitative estimate of drug-likeness (QED) is 0.525. The summed E-state index contributed by atoms with van der Waals surface area (Å²) < 4.78 is 0. The average Bonchev–Trinajstić information content (AvgIpc) is 2.47. The van der Waals surface area contributed by atoms with Gasteiger partial charge in [0, 0.05) is 28.9 Å². The second kappa shape index (κ2) is 5.52. The van der Waals surface area contributed by atoms with Crippen molar-refractivity contribution < 1.29 is 4.92 Å². The predicted octanol–water partition coefficient (Wildman–Crippen LogP) is 3.97. The molecule has 1 aromatic heterocycles. The summed E-state index contributed by atoms with van der Waals surface area (Å²) in [5.41, 5.74) is 2.23. The van der Waals surface area contributed by atoms with Crippen LogP contribution in [0.25, 0.3) is 10.9 Å². The monoisotopic (exact) mass is 283 g/mol. The summed E-state index contributed by atoms with van der Waals surface area (Å²) in [7, 11) is 0. The third-order valence-electron chi connectivity index (χ3n) is 3.77. The second-order valence-electron chi connectivity index (χ2n) is 5.37. The van der Waals surface area contributed by atoms with Crippen molar-refractivity contribution in [2.45, 2.75) is 32.2 Å². The van der Waals surface area contributed by atoms with Crippen LogP contribution in [0.2, 0.25) is 0 Å². The molecule has 1 aliphatic carbocycles. The third kappa shape index (κ3) is 2.72. The van der Waals surface area contributed by atoms with Crippen molar-refractivity contribution in [3.8, 4) is 0 Å². The molecule has 0 saturated heterocycles. The van der Waals surface area contributed by atoms with Gasteiger partial charge in [-0.3, -0.25) is 10.1 Å². The van der Waals surface area contributed by atoms with Crippen molar-refractivity contribution in [1.82, 2.24) is 4.98 Å². The number of aromatic nitrogens is 1. The lowest BCUT2D eigenvalue weighted by Crippen LogP contribution is -2.20. The molecule has 1 atom stereocenters. The number of allylic oxidation sites excluding steroid dienone is 1. The van der Waals surface area contributed by atoms with Crippen molar-refractivity contribution >= 4 is 22.3 Å². The lowest BCUT2D eigenvalue weighted by atomic mass is 10.0. The summed E-state index contributed by atoms with van der Waals surface area (Å²) in [6.07, 6.45) is 7.50. The Morgan fingerprint density at radius 3 is 2.95 bits per heavy atom. The first-order valence-corrected chi connectivity index (χ1v) is 7.11. The molecule has 0 aliphatic heterocycles. The van der Waals surface area contributed by atoms with Crippen LogP contribution in [-0.4, -0.2) is 15.9 Å². The highest BCUT2D eigenvalue weighted by molar-refractivity contribution is 5.96. The number of nitrogens with zero attached hydrogens (tertiary/aromatic N) is 2. The van der Waals surface area contributed by atoms with E-state index in [0.717, 1.165) is 36.0 Å². The summed E-state index contributed by atoms with van der Waals surface area (Å²) in [5, 5.41) is 15.5. The highest BCUT2D eigenvalue weighted by Gasteiger charge is 2.17. The van der Waals surface area contributed by atoms with Gasteiger partial charge in [0.25, 0.3) is 5.69 Å². The predicted molar refractivity (Wildman–Crippen MR) is 83.5 cm³/mol. The van der Waals surface area contributed by atoms with Gasteiger partial charge in [0.05, 0.1) is 4.92 Å². The van der Waals surface area contributed by atoms with Gasteiger partial charge in [-0.2, -0.15) is 0 Å². The number of fused-ring (bicyclic) bond motifs is 1. The van der Waals surface area contributed by atoms with Gasteiger partial charge in [0.1, 0.15) is 0 Å². The summed E-state index contributed by atoms with van der Waals surface area (Å²) in [4.78, 5) is 15.1. The van der Waals surface area contributed by atoms with Crippen LogP contribution in [0.15, 0.2) is 36.4 Å². The summed E-state index contributed by atoms with van der Waals surface area (Å²) in [6.45, 7) is 1.86. The molecule has 1 unspecified atom stereocenters. The molecule has 0 spiro atoms. The number of pyridine rings is 1. The Kier molecular flexibility index (Phi) is 3.56. The zero-order valence-corrected chi connectivity index (χ0v) is 11.9. The molecule has 5 nitrogen and oxygen atoms in total. The standard InChI is InChI=1S/C16H17N3O2/c1-11-10-14(18-12-6-3-2-4-7-12)13-8-5-9-15(19(20)21)16(13)17-11/h2-3,5,8-10,12H,4,6-7H2,1H3,(H,17,18). The average molecular weight is 283 g/mol. The van der Waals surface area contributed by atoms with E-state index in [4.69, 9.17) is 0 Å². The molecule has 0 fully saturated rings. The fraction of sp³-hybridized carbons (Fsp3) is 0.312. The van der Waals surface area contributed by atoms with Gasteiger partial charge < -0.3 is 5.32 Å². The van der Waals surface area contributed by atoms with Gasteiger partial charge in [0.2, 0.25) is 0 Å². The number of nitrogens with one attached hydrogen (secondary N) is 1. The summed E-state index contributed by atoms with van der Waals surface area (Å²) in [6, 6.07) is 7.44. The zero-order valence-electron chi connectivity index (χ0n) is 11.9. The fourth-order valence-electron chi connectivity index (χ4n) is 2.77. The third-order valence-corrected chi connectivity index (χ3v) is 3.77. The van der Waals surface area contributed by atoms with Crippen molar-refractivity contribution in [1.29, 1.82) is 0 Å². The Labute approximate surface area is 122 Å². The van der Waals surface area contributed by atoms with Gasteiger partial charge in [-0.05, 0) is 32.3 Å². The zero-order chi connectivity index (χ0) is 14.8. The van der Waals surface area contributed by atoms with E-state index in [0.29, 0.717) is 11.6 Å². The molecule has 0 radical (unpaired) electrons. The highest BCUT2D eigenvalue weighted by atomic mass is 16.6. The second-order valence-corrected chi connectivity index (χ2v) is 5.37. The molecule has 3 rings (SSSR count). The minimum Gasteiger partial charge on any atom is -0.381 e. The maximum absolute atomic E-state index is 11.2. The Morgan fingerprint density at radius 1 is 1.38 bits per heavy atom. The Bertz CT molecular complexity index is 725. The maximum atomic E-state index is 11.2. The largest absolute Gasteiger partial charge is 0.381 e. The fourth-order valence-corrected chi connectivity index (χ4v) is 2.77. The summed E-state index contributed by atoms with van der Waals surface area (Å²) in [5.74, 6) is 0. The van der Waals surface area contributed by atoms with E-state index in [-0.39, 0.29) is 10.6 Å². The first-order valence-electron chi connectivity index (χ1n) is 7.11. The number of non-ortho nitro benzene ring substituents is 1. The number of aryl methyl sites for hydroxylation is 1. The SMILES string of the molecule is Cc1cc(NC2CC=CCC2)c2cccc([N+](=O)[O-])c2n1. The van der Waals surface area contributed by atoms with Crippen LogP contribution in [0.1, 0.15) is 25.0 Å². The molecule has 1 aliphatic rings. The minimum atomic E-state index is -0.373. The lowest BCUT2D eigenvalue weighted by Gasteiger charge is -2.21. The normalized spacial score (nSPS) is 17.9. The van der Waals surface area contributed by atoms with E-state index in [1.54, 1.807) is 6.07 Å². The topological polar surface area (TPSA) is 68.1 Å². The van der Waals surface area contributed by atoms with Gasteiger partial charge in [-0.25, -0.2) is 4.98 Å². The Balaban J connectivity index is 2.07. The first kappa shape index (κ1) is 13.5. The van der Waals surface area contributed by atoms with Gasteiger partial charge in [0.15, 0.2) is 5.52 Å². The van der Waals surface area contributed by atoms with Crippen LogP contribution in [-0.2, 0) is 0 Å². The Morgan fingerprint density at radius 2 is 2.24 bits per heavy atom. The molecular formula is C16H17N3O2. The van der Waals surface area contributed by atoms with Gasteiger partial charge in [-0.15, -0.1) is 0 Å². The van der Waals surface area contributed by atoms with Crippen LogP contribution in [0.3, 0.4) is 0 Å². The number of nitro groups is 1. The lowest BCUT2D eigenvalue weighted by molar-refractivity contribution is -0.383. The van der Waals surface area contributed by atoms with E-state index in [2.05, 4.69) is 22.5 Å². The van der Waals surface area contributed by atoms with Crippen LogP contribution < -0.4 is 5.32 Å². The molecule has 2 aromatic rings. The Hall–Kier alpha value is -2.43. The first-order chi connectivity index (χ1) is 10.1. The number of anilines is 1. The van der Waals surface area contributed by atoms with E-state index < -0.39 is 0 Å². The number of hydrogen-bond acceptors (Lipinski definition) is 4. The number of benzene rings is 1. The molecule has 0 saturated carbocycles. The van der Waals surface area contributed by atoms with Crippen molar-refractivity contribution in [3.05, 3.63) is 52.2 Å². The highest BCUT2D eigenvalue weighted by Crippen LogP contribution is 2.31. The maximum Gasteiger partial charge on any atom is 0.295 e. The summed E-state index contributed by atoms with van der Waals surface area (Å²) >= 11 is 0. The van der Waals surface area contributed by atoms with Crippen LogP contribution >= 0.6 is 0 Å². The van der Waals surface area contributed by atoms with Crippen LogP contribution in [0, 0.1) is 17.0 Å². The van der Waals surface area contributed by atoms with Crippen molar-refractivity contribution in [2.24, 2.45) is 0 Å². The molecule has 0 amide bonds. The van der Waals surface area contributed by atoms with E-state index in [9.17, 15) is 10.1 Å². The molecule has 1 heterocycles. The van der Waals surface area contributed by atoms with E-state index in [1.807, 2.05) is 19.1 Å². The van der Waals surface area contributed by atoms with Crippen molar-refractivity contribution in [2.75, 3.05) is 5.32 Å². The molecule has 1 N–H and O–H groups in total. The molecule has 21 heavy (non-hydrogen) atoms. The number of nitro benzene ring substituents is 1. The minimum absolute atomic E-state index is 0.0581. The number of para-hydroxylation sites is 1. The molecule has 108 valence electrons. The van der Waals surface area contributed by atoms with Crippen molar-refractivity contribution in [3.63, 3.8) is 0 Å². The molecule has 1 aromatic carbocycles. The van der Waals surface area contributed by atoms with E-state index in [1.165, 1.54) is 6.07 Å².